The highest BCUT2D eigenvalue weighted by Gasteiger charge is 2.23. The Morgan fingerprint density at radius 2 is 1.79 bits per heavy atom. The quantitative estimate of drug-likeness (QED) is 0.391. The minimum absolute atomic E-state index is 0.0826. The second-order valence-electron chi connectivity index (χ2n) is 5.41. The molecule has 2 aromatic rings. The van der Waals surface area contributed by atoms with Gasteiger partial charge in [0.15, 0.2) is 11.7 Å². The van der Waals surface area contributed by atoms with Crippen molar-refractivity contribution in [3.8, 4) is 0 Å². The number of benzene rings is 1. The third kappa shape index (κ3) is 7.19. The second-order valence-corrected chi connectivity index (χ2v) is 7.56. The highest BCUT2D eigenvalue weighted by atomic mass is 32.2. The van der Waals surface area contributed by atoms with E-state index >= 15 is 0 Å². The van der Waals surface area contributed by atoms with Gasteiger partial charge in [0.1, 0.15) is 10.1 Å². The van der Waals surface area contributed by atoms with Crippen molar-refractivity contribution in [1.82, 2.24) is 15.2 Å². The Morgan fingerprint density at radius 1 is 1.21 bits per heavy atom. The summed E-state index contributed by atoms with van der Waals surface area (Å²) >= 11 is 1.19. The number of rotatable bonds is 6. The normalized spacial score (nSPS) is 11.9. The first kappa shape index (κ1) is 23.4. The Kier molecular flexibility index (Phi) is 8.43. The van der Waals surface area contributed by atoms with E-state index in [1.807, 2.05) is 6.92 Å². The maximum Gasteiger partial charge on any atom is 0.362 e. The van der Waals surface area contributed by atoms with Gasteiger partial charge in [0, 0.05) is 0 Å². The molecule has 1 heterocycles. The van der Waals surface area contributed by atoms with Crippen molar-refractivity contribution in [3.05, 3.63) is 41.2 Å². The first-order chi connectivity index (χ1) is 13.0. The summed E-state index contributed by atoms with van der Waals surface area (Å²) in [7, 11) is -4.27. The fourth-order valence-electron chi connectivity index (χ4n) is 1.76. The minimum atomic E-state index is -4.27. The van der Waals surface area contributed by atoms with E-state index in [0.29, 0.717) is 5.16 Å². The molecule has 1 aromatic heterocycles. The number of quaternary nitrogens is 1. The second kappa shape index (κ2) is 10.1. The molecule has 152 valence electrons. The van der Waals surface area contributed by atoms with Crippen LogP contribution in [0.3, 0.4) is 0 Å². The molecule has 11 nitrogen and oxygen atoms in total. The molecule has 0 unspecified atom stereocenters. The number of carboxylic acids is 2. The summed E-state index contributed by atoms with van der Waals surface area (Å²) in [6.45, 7) is 1.82. The fraction of sp³-hybridized carbons (Fsp3) is 0.267. The first-order valence-corrected chi connectivity index (χ1v) is 10.2. The summed E-state index contributed by atoms with van der Waals surface area (Å²) in [6.07, 6.45) is 1.61. The van der Waals surface area contributed by atoms with Gasteiger partial charge in [-0.25, -0.2) is 23.0 Å². The molecule has 13 heteroatoms. The van der Waals surface area contributed by atoms with E-state index in [1.54, 1.807) is 18.4 Å². The summed E-state index contributed by atoms with van der Waals surface area (Å²) < 4.78 is 31.2. The van der Waals surface area contributed by atoms with Crippen molar-refractivity contribution in [1.29, 1.82) is 0 Å². The SMILES string of the molecule is CSc1nnc(C(=O)O)c(C[C@H]([NH3+])C(=O)O)n1.Cc1ccc(S(=O)(=O)[O-])cc1. The third-order valence-corrected chi connectivity index (χ3v) is 4.61. The van der Waals surface area contributed by atoms with Crippen molar-refractivity contribution in [2.45, 2.75) is 29.4 Å². The monoisotopic (exact) mass is 430 g/mol. The topological polar surface area (TPSA) is 198 Å². The highest BCUT2D eigenvalue weighted by molar-refractivity contribution is 7.98. The van der Waals surface area contributed by atoms with Gasteiger partial charge in [-0.05, 0) is 25.3 Å². The van der Waals surface area contributed by atoms with Crippen LogP contribution >= 0.6 is 11.8 Å². The largest absolute Gasteiger partial charge is 0.744 e. The maximum absolute atomic E-state index is 10.9. The summed E-state index contributed by atoms with van der Waals surface area (Å²) in [5.41, 5.74) is 4.08. The molecule has 0 saturated carbocycles. The van der Waals surface area contributed by atoms with E-state index in [2.05, 4.69) is 20.9 Å². The molecule has 0 saturated heterocycles. The van der Waals surface area contributed by atoms with Crippen LogP contribution in [0.4, 0.5) is 0 Å². The predicted octanol–water partition coefficient (Wildman–Crippen LogP) is -0.572. The molecular formula is C15H18N4O7S2. The van der Waals surface area contributed by atoms with Gasteiger partial charge >= 0.3 is 11.9 Å². The molecule has 0 aliphatic heterocycles. The van der Waals surface area contributed by atoms with Crippen molar-refractivity contribution in [2.24, 2.45) is 0 Å². The van der Waals surface area contributed by atoms with Crippen LogP contribution in [0.5, 0.6) is 0 Å². The van der Waals surface area contributed by atoms with Crippen LogP contribution in [0.15, 0.2) is 34.3 Å². The average Bonchev–Trinajstić information content (AvgIpc) is 2.61. The minimum Gasteiger partial charge on any atom is -0.744 e. The van der Waals surface area contributed by atoms with E-state index in [4.69, 9.17) is 10.2 Å². The zero-order valence-corrected chi connectivity index (χ0v) is 16.5. The van der Waals surface area contributed by atoms with Gasteiger partial charge in [-0.3, -0.25) is 0 Å². The molecule has 0 fully saturated rings. The number of aryl methyl sites for hydroxylation is 1. The Hall–Kier alpha value is -2.61. The fourth-order valence-corrected chi connectivity index (χ4v) is 2.56. The molecule has 0 radical (unpaired) electrons. The lowest BCUT2D eigenvalue weighted by Crippen LogP contribution is -2.66. The molecule has 0 spiro atoms. The van der Waals surface area contributed by atoms with Crippen LogP contribution in [0.1, 0.15) is 21.7 Å². The predicted molar refractivity (Wildman–Crippen MR) is 95.7 cm³/mol. The van der Waals surface area contributed by atoms with Crippen molar-refractivity contribution < 1.29 is 38.5 Å². The first-order valence-electron chi connectivity index (χ1n) is 7.55. The van der Waals surface area contributed by atoms with Crippen molar-refractivity contribution in [2.75, 3.05) is 6.26 Å². The number of aliphatic carboxylic acids is 1. The van der Waals surface area contributed by atoms with Crippen LogP contribution in [0.2, 0.25) is 0 Å². The van der Waals surface area contributed by atoms with Gasteiger partial charge in [0.05, 0.1) is 17.0 Å². The number of carbonyl (C=O) groups is 2. The van der Waals surface area contributed by atoms with Crippen molar-refractivity contribution in [3.63, 3.8) is 0 Å². The van der Waals surface area contributed by atoms with E-state index in [1.165, 1.54) is 23.9 Å². The Balaban J connectivity index is 0.000000307. The van der Waals surface area contributed by atoms with Gasteiger partial charge in [-0.15, -0.1) is 10.2 Å². The van der Waals surface area contributed by atoms with E-state index in [0.717, 1.165) is 5.56 Å². The Bertz CT molecular complexity index is 949. The third-order valence-electron chi connectivity index (χ3n) is 3.22. The molecule has 5 N–H and O–H groups in total. The van der Waals surface area contributed by atoms with Gasteiger partial charge in [0.2, 0.25) is 5.16 Å². The molecule has 1 aromatic carbocycles. The number of hydrogen-bond donors (Lipinski definition) is 3. The van der Waals surface area contributed by atoms with Crippen LogP contribution < -0.4 is 5.73 Å². The lowest BCUT2D eigenvalue weighted by Gasteiger charge is -2.06. The smallest absolute Gasteiger partial charge is 0.362 e. The molecule has 28 heavy (non-hydrogen) atoms. The summed E-state index contributed by atoms with van der Waals surface area (Å²) in [6, 6.07) is 4.81. The number of aromatic nitrogens is 3. The van der Waals surface area contributed by atoms with Crippen LogP contribution in [0, 0.1) is 6.92 Å². The van der Waals surface area contributed by atoms with E-state index < -0.39 is 28.1 Å². The molecule has 0 aliphatic rings. The van der Waals surface area contributed by atoms with Gasteiger partial charge in [-0.1, -0.05) is 29.5 Å². The van der Waals surface area contributed by atoms with Gasteiger partial charge in [-0.2, -0.15) is 0 Å². The molecule has 2 rings (SSSR count). The van der Waals surface area contributed by atoms with Gasteiger partial charge in [0.25, 0.3) is 0 Å². The lowest BCUT2D eigenvalue weighted by molar-refractivity contribution is -0.407. The summed E-state index contributed by atoms with van der Waals surface area (Å²) in [4.78, 5) is 25.3. The summed E-state index contributed by atoms with van der Waals surface area (Å²) in [5, 5.41) is 25.0. The molecule has 0 aliphatic carbocycles. The standard InChI is InChI=1S/C8H10N4O4S.C7H8O3S/c1-17-8-10-4(2-3(9)6(13)14)5(7(15)16)11-12-8;1-6-2-4-7(5-3-6)11(8,9)10/h3H,2,9H2,1H3,(H,13,14)(H,15,16);2-5H,1H3,(H,8,9,10)/t3-;/m0./s1. The van der Waals surface area contributed by atoms with Crippen LogP contribution in [0.25, 0.3) is 0 Å². The number of carboxylic acid groups (broad SMARTS) is 2. The lowest BCUT2D eigenvalue weighted by atomic mass is 10.1. The number of hydrogen-bond acceptors (Lipinski definition) is 9. The number of aromatic carboxylic acids is 1. The van der Waals surface area contributed by atoms with Gasteiger partial charge < -0.3 is 20.5 Å². The number of thioether (sulfide) groups is 1. The summed E-state index contributed by atoms with van der Waals surface area (Å²) in [5.74, 6) is -2.41. The molecule has 0 amide bonds. The van der Waals surface area contributed by atoms with Crippen LogP contribution in [-0.4, -0.2) is 62.6 Å². The Labute approximate surface area is 164 Å². The highest BCUT2D eigenvalue weighted by Crippen LogP contribution is 2.11. The average molecular weight is 430 g/mol. The molecule has 1 atom stereocenters. The maximum atomic E-state index is 10.9. The van der Waals surface area contributed by atoms with E-state index in [9.17, 15) is 22.6 Å². The number of nitrogens with zero attached hydrogens (tertiary/aromatic N) is 3. The zero-order chi connectivity index (χ0) is 21.5. The van der Waals surface area contributed by atoms with Crippen LogP contribution in [-0.2, 0) is 21.3 Å². The van der Waals surface area contributed by atoms with Crippen molar-refractivity contribution >= 4 is 33.8 Å². The molecule has 0 bridgehead atoms. The zero-order valence-electron chi connectivity index (χ0n) is 14.9. The van der Waals surface area contributed by atoms with E-state index in [-0.39, 0.29) is 22.7 Å². The Morgan fingerprint density at radius 3 is 2.21 bits per heavy atom. The molecular weight excluding hydrogens is 412 g/mol.